The molecule has 6 nitrogen and oxygen atoms in total. The number of urea groups is 1. The minimum absolute atomic E-state index is 0.00333. The molecule has 0 aromatic carbocycles. The summed E-state index contributed by atoms with van der Waals surface area (Å²) in [5.74, 6) is 1.97. The van der Waals surface area contributed by atoms with E-state index in [0.717, 1.165) is 22.7 Å². The van der Waals surface area contributed by atoms with Crippen molar-refractivity contribution in [1.29, 1.82) is 0 Å². The van der Waals surface area contributed by atoms with Crippen LogP contribution in [0.3, 0.4) is 0 Å². The standard InChI is InChI=1S/C17H25N3O3/c1-10(19-14(21)9-20-15(22)8-18-16(20)23)17-5-11-2-12(6-17)4-13(3-11)7-17/h10-13H,2-9H2,1H3,(H,18,23)(H,19,21). The lowest BCUT2D eigenvalue weighted by molar-refractivity contribution is -0.132. The van der Waals surface area contributed by atoms with Crippen molar-refractivity contribution in [2.24, 2.45) is 23.2 Å². The van der Waals surface area contributed by atoms with Crippen molar-refractivity contribution in [3.8, 4) is 0 Å². The normalized spacial score (nSPS) is 39.5. The first-order valence-electron chi connectivity index (χ1n) is 8.83. The van der Waals surface area contributed by atoms with Crippen molar-refractivity contribution < 1.29 is 14.4 Å². The maximum Gasteiger partial charge on any atom is 0.325 e. The Morgan fingerprint density at radius 3 is 2.26 bits per heavy atom. The first kappa shape index (κ1) is 15.0. The van der Waals surface area contributed by atoms with Crippen LogP contribution in [0.4, 0.5) is 4.79 Å². The molecule has 5 aliphatic rings. The van der Waals surface area contributed by atoms with Crippen molar-refractivity contribution in [3.63, 3.8) is 0 Å². The second-order valence-corrected chi connectivity index (χ2v) is 8.21. The highest BCUT2D eigenvalue weighted by molar-refractivity contribution is 6.04. The number of carbonyl (C=O) groups excluding carboxylic acids is 3. The molecule has 6 heteroatoms. The Labute approximate surface area is 136 Å². The molecule has 4 saturated carbocycles. The smallest absolute Gasteiger partial charge is 0.325 e. The van der Waals surface area contributed by atoms with Crippen LogP contribution < -0.4 is 10.6 Å². The lowest BCUT2D eigenvalue weighted by Crippen LogP contribution is -2.57. The second kappa shape index (κ2) is 5.21. The van der Waals surface area contributed by atoms with E-state index >= 15 is 0 Å². The molecule has 1 atom stereocenters. The van der Waals surface area contributed by atoms with Gasteiger partial charge in [-0.1, -0.05) is 0 Å². The molecule has 1 saturated heterocycles. The molecule has 1 heterocycles. The summed E-state index contributed by atoms with van der Waals surface area (Å²) in [7, 11) is 0. The number of nitrogens with zero attached hydrogens (tertiary/aromatic N) is 1. The topological polar surface area (TPSA) is 78.5 Å². The number of amides is 4. The minimum atomic E-state index is -0.465. The Morgan fingerprint density at radius 2 is 1.78 bits per heavy atom. The van der Waals surface area contributed by atoms with E-state index in [4.69, 9.17) is 0 Å². The molecule has 4 bridgehead atoms. The summed E-state index contributed by atoms with van der Waals surface area (Å²) in [4.78, 5) is 36.4. The van der Waals surface area contributed by atoms with Gasteiger partial charge in [0.1, 0.15) is 6.54 Å². The van der Waals surface area contributed by atoms with Crippen molar-refractivity contribution in [3.05, 3.63) is 0 Å². The molecule has 5 rings (SSSR count). The summed E-state index contributed by atoms with van der Waals surface area (Å²) in [6.45, 7) is 1.94. The van der Waals surface area contributed by atoms with Crippen LogP contribution in [0.1, 0.15) is 45.4 Å². The van der Waals surface area contributed by atoms with Crippen LogP contribution >= 0.6 is 0 Å². The molecule has 1 unspecified atom stereocenters. The first-order valence-corrected chi connectivity index (χ1v) is 8.83. The van der Waals surface area contributed by atoms with Crippen molar-refractivity contribution >= 4 is 17.8 Å². The van der Waals surface area contributed by atoms with Gasteiger partial charge < -0.3 is 10.6 Å². The summed E-state index contributed by atoms with van der Waals surface area (Å²) in [5.41, 5.74) is 0.238. The van der Waals surface area contributed by atoms with E-state index < -0.39 is 6.03 Å². The van der Waals surface area contributed by atoms with Crippen molar-refractivity contribution in [1.82, 2.24) is 15.5 Å². The fourth-order valence-electron chi connectivity index (χ4n) is 5.91. The van der Waals surface area contributed by atoms with Gasteiger partial charge in [-0.15, -0.1) is 0 Å². The maximum atomic E-state index is 12.3. The quantitative estimate of drug-likeness (QED) is 0.766. The predicted octanol–water partition coefficient (Wildman–Crippen LogP) is 1.26. The molecule has 0 radical (unpaired) electrons. The van der Waals surface area contributed by atoms with Gasteiger partial charge >= 0.3 is 6.03 Å². The third-order valence-corrected chi connectivity index (χ3v) is 6.62. The van der Waals surface area contributed by atoms with Crippen LogP contribution in [-0.4, -0.2) is 41.9 Å². The van der Waals surface area contributed by atoms with Gasteiger partial charge in [0, 0.05) is 6.04 Å². The summed E-state index contributed by atoms with van der Waals surface area (Å²) < 4.78 is 0. The van der Waals surface area contributed by atoms with Gasteiger partial charge in [-0.05, 0) is 68.6 Å². The third-order valence-electron chi connectivity index (χ3n) is 6.62. The zero-order valence-corrected chi connectivity index (χ0v) is 13.6. The highest BCUT2D eigenvalue weighted by Gasteiger charge is 2.53. The maximum absolute atomic E-state index is 12.3. The van der Waals surface area contributed by atoms with Gasteiger partial charge in [0.15, 0.2) is 0 Å². The van der Waals surface area contributed by atoms with E-state index in [0.29, 0.717) is 0 Å². The number of hydrogen-bond donors (Lipinski definition) is 2. The van der Waals surface area contributed by atoms with Gasteiger partial charge in [-0.2, -0.15) is 0 Å². The zero-order chi connectivity index (χ0) is 16.2. The molecule has 0 aromatic heterocycles. The van der Waals surface area contributed by atoms with Gasteiger partial charge in [-0.3, -0.25) is 14.5 Å². The van der Waals surface area contributed by atoms with E-state index in [9.17, 15) is 14.4 Å². The Hall–Kier alpha value is -1.59. The van der Waals surface area contributed by atoms with Crippen LogP contribution in [0.5, 0.6) is 0 Å². The highest BCUT2D eigenvalue weighted by Crippen LogP contribution is 2.61. The summed E-state index contributed by atoms with van der Waals surface area (Å²) in [5, 5.41) is 5.54. The molecule has 23 heavy (non-hydrogen) atoms. The fourth-order valence-corrected chi connectivity index (χ4v) is 5.91. The SMILES string of the molecule is CC(NC(=O)CN1C(=O)CNC1=O)C12CC3CC(CC(C3)C1)C2. The minimum Gasteiger partial charge on any atom is -0.352 e. The predicted molar refractivity (Wildman–Crippen MR) is 83.3 cm³/mol. The first-order chi connectivity index (χ1) is 10.9. The molecular formula is C17H25N3O3. The van der Waals surface area contributed by atoms with Crippen LogP contribution in [0.25, 0.3) is 0 Å². The molecule has 1 aliphatic heterocycles. The lowest BCUT2D eigenvalue weighted by atomic mass is 9.48. The lowest BCUT2D eigenvalue weighted by Gasteiger charge is -2.59. The monoisotopic (exact) mass is 319 g/mol. The van der Waals surface area contributed by atoms with Crippen molar-refractivity contribution in [2.75, 3.05) is 13.1 Å². The molecule has 126 valence electrons. The average Bonchev–Trinajstić information content (AvgIpc) is 2.77. The Morgan fingerprint density at radius 1 is 1.22 bits per heavy atom. The number of imide groups is 1. The van der Waals surface area contributed by atoms with E-state index in [-0.39, 0.29) is 36.4 Å². The van der Waals surface area contributed by atoms with Crippen LogP contribution in [0, 0.1) is 23.2 Å². The Balaban J connectivity index is 1.40. The molecule has 2 N–H and O–H groups in total. The largest absolute Gasteiger partial charge is 0.352 e. The molecule has 4 aliphatic carbocycles. The van der Waals surface area contributed by atoms with Crippen LogP contribution in [0.2, 0.25) is 0 Å². The van der Waals surface area contributed by atoms with Gasteiger partial charge in [-0.25, -0.2) is 4.79 Å². The molecule has 4 amide bonds. The molecule has 0 aromatic rings. The van der Waals surface area contributed by atoms with E-state index in [1.807, 2.05) is 0 Å². The molecule has 5 fully saturated rings. The third kappa shape index (κ3) is 2.52. The van der Waals surface area contributed by atoms with Crippen molar-refractivity contribution in [2.45, 2.75) is 51.5 Å². The van der Waals surface area contributed by atoms with Crippen LogP contribution in [0.15, 0.2) is 0 Å². The molecular weight excluding hydrogens is 294 g/mol. The van der Waals surface area contributed by atoms with Gasteiger partial charge in [0.25, 0.3) is 5.91 Å². The summed E-state index contributed by atoms with van der Waals surface area (Å²) in [6, 6.07) is -0.350. The van der Waals surface area contributed by atoms with E-state index in [1.165, 1.54) is 38.5 Å². The van der Waals surface area contributed by atoms with E-state index in [1.54, 1.807) is 0 Å². The number of rotatable bonds is 4. The van der Waals surface area contributed by atoms with Crippen LogP contribution in [-0.2, 0) is 9.59 Å². The number of carbonyl (C=O) groups is 3. The second-order valence-electron chi connectivity index (χ2n) is 8.21. The van der Waals surface area contributed by atoms with Gasteiger partial charge in [0.2, 0.25) is 5.91 Å². The Bertz CT molecular complexity index is 508. The highest BCUT2D eigenvalue weighted by atomic mass is 16.2. The fraction of sp³-hybridized carbons (Fsp3) is 0.824. The number of hydrogen-bond acceptors (Lipinski definition) is 3. The van der Waals surface area contributed by atoms with Gasteiger partial charge in [0.05, 0.1) is 6.54 Å². The number of nitrogens with one attached hydrogen (secondary N) is 2. The summed E-state index contributed by atoms with van der Waals surface area (Å²) in [6.07, 6.45) is 7.81. The zero-order valence-electron chi connectivity index (χ0n) is 13.6. The Kier molecular flexibility index (Phi) is 3.39. The summed E-state index contributed by atoms with van der Waals surface area (Å²) >= 11 is 0. The molecule has 0 spiro atoms. The average molecular weight is 319 g/mol. The van der Waals surface area contributed by atoms with E-state index in [2.05, 4.69) is 17.6 Å².